The van der Waals surface area contributed by atoms with E-state index in [9.17, 15) is 0 Å². The van der Waals surface area contributed by atoms with Crippen molar-refractivity contribution in [3.05, 3.63) is 243 Å². The van der Waals surface area contributed by atoms with Crippen LogP contribution in [0.5, 0.6) is 0 Å². The van der Waals surface area contributed by atoms with Crippen molar-refractivity contribution < 1.29 is 17.1 Å². The molecule has 0 spiro atoms. The van der Waals surface area contributed by atoms with Gasteiger partial charge in [0.1, 0.15) is 12.3 Å². The normalized spacial score (nSPS) is 11.0. The van der Waals surface area contributed by atoms with Crippen molar-refractivity contribution >= 4 is 56.0 Å². The molecule has 0 aliphatic carbocycles. The van der Waals surface area contributed by atoms with Crippen molar-refractivity contribution in [2.75, 3.05) is 0 Å². The fourth-order valence-electron chi connectivity index (χ4n) is 8.24. The van der Waals surface area contributed by atoms with Crippen LogP contribution in [0.15, 0.2) is 243 Å². The molecule has 8 aromatic carbocycles. The molecule has 0 heterocycles. The van der Waals surface area contributed by atoms with Crippen LogP contribution in [0.2, 0.25) is 0 Å². The van der Waals surface area contributed by atoms with Gasteiger partial charge in [0.2, 0.25) is 0 Å². The fraction of sp³-hybridized carbons (Fsp3) is 0. The SMILES string of the molecule is [Fe+2].c1ccc([B-](c2ccccc2)(c2ccccc2)c2ccccc2)cc1.c1ccc([B-](c2ccccc2)(c2ccccc2)c2ccccc2)cc1. The molecule has 0 fully saturated rings. The zero-order valence-corrected chi connectivity index (χ0v) is 29.7. The Balaban J connectivity index is 0.000000172. The predicted octanol–water partition coefficient (Wildman–Crippen LogP) is 6.13. The van der Waals surface area contributed by atoms with E-state index in [2.05, 4.69) is 243 Å². The summed E-state index contributed by atoms with van der Waals surface area (Å²) in [4.78, 5) is 0. The van der Waals surface area contributed by atoms with E-state index >= 15 is 0 Å². The molecule has 0 radical (unpaired) electrons. The standard InChI is InChI=1S/2C24H20B.Fe/c2*1-5-13-21(14-6-1)25(22-15-7-2-8-16-22,23-17-9-3-10-18-23)24-19-11-4-12-20-24;/h2*1-20H;/q2*-1;+2. The monoisotopic (exact) mass is 694 g/mol. The summed E-state index contributed by atoms with van der Waals surface area (Å²) in [6.07, 6.45) is -2.43. The van der Waals surface area contributed by atoms with Crippen LogP contribution in [-0.2, 0) is 17.1 Å². The summed E-state index contributed by atoms with van der Waals surface area (Å²) in [5.41, 5.74) is 10.7. The molecule has 0 amide bonds. The quantitative estimate of drug-likeness (QED) is 0.168. The predicted molar refractivity (Wildman–Crippen MR) is 220 cm³/mol. The van der Waals surface area contributed by atoms with Crippen molar-refractivity contribution in [2.24, 2.45) is 0 Å². The first kappa shape index (κ1) is 35.2. The topological polar surface area (TPSA) is 0 Å². The van der Waals surface area contributed by atoms with E-state index < -0.39 is 12.3 Å². The van der Waals surface area contributed by atoms with E-state index in [4.69, 9.17) is 0 Å². The summed E-state index contributed by atoms with van der Waals surface area (Å²) in [7, 11) is 0. The Morgan fingerprint density at radius 3 is 0.353 bits per heavy atom. The van der Waals surface area contributed by atoms with Gasteiger partial charge in [-0.05, 0) is 0 Å². The van der Waals surface area contributed by atoms with Crippen LogP contribution in [0.25, 0.3) is 0 Å². The van der Waals surface area contributed by atoms with Gasteiger partial charge in [-0.2, -0.15) is 43.7 Å². The average molecular weight is 694 g/mol. The summed E-state index contributed by atoms with van der Waals surface area (Å²) in [5.74, 6) is 0. The van der Waals surface area contributed by atoms with Crippen LogP contribution in [-0.4, -0.2) is 12.3 Å². The van der Waals surface area contributed by atoms with E-state index in [1.54, 1.807) is 0 Å². The molecular weight excluding hydrogens is 654 g/mol. The van der Waals surface area contributed by atoms with E-state index in [1.165, 1.54) is 43.7 Å². The minimum absolute atomic E-state index is 0. The number of hydrogen-bond donors (Lipinski definition) is 0. The molecule has 8 aromatic rings. The molecule has 0 N–H and O–H groups in total. The summed E-state index contributed by atoms with van der Waals surface area (Å²) in [6, 6.07) is 87.1. The van der Waals surface area contributed by atoms with Crippen molar-refractivity contribution in [3.63, 3.8) is 0 Å². The third kappa shape index (κ3) is 7.05. The first-order valence-electron chi connectivity index (χ1n) is 17.6. The Morgan fingerprint density at radius 1 is 0.157 bits per heavy atom. The van der Waals surface area contributed by atoms with Crippen molar-refractivity contribution in [1.82, 2.24) is 0 Å². The van der Waals surface area contributed by atoms with Gasteiger partial charge in [0.25, 0.3) is 0 Å². The molecule has 3 heteroatoms. The maximum absolute atomic E-state index is 2.26. The number of rotatable bonds is 8. The third-order valence-electron chi connectivity index (χ3n) is 10.4. The van der Waals surface area contributed by atoms with Crippen LogP contribution in [0.3, 0.4) is 0 Å². The molecule has 0 unspecified atom stereocenters. The van der Waals surface area contributed by atoms with Gasteiger partial charge < -0.3 is 0 Å². The number of hydrogen-bond acceptors (Lipinski definition) is 0. The molecule has 0 aliphatic rings. The van der Waals surface area contributed by atoms with Gasteiger partial charge >= 0.3 is 17.1 Å². The van der Waals surface area contributed by atoms with E-state index in [1.807, 2.05) is 0 Å². The van der Waals surface area contributed by atoms with Crippen LogP contribution < -0.4 is 43.7 Å². The van der Waals surface area contributed by atoms with Gasteiger partial charge in [-0.15, -0.1) is 0 Å². The van der Waals surface area contributed by atoms with E-state index in [0.29, 0.717) is 0 Å². The van der Waals surface area contributed by atoms with Gasteiger partial charge in [-0.25, -0.2) is 0 Å². The smallest absolute Gasteiger partial charge is 0.195 e. The third-order valence-corrected chi connectivity index (χ3v) is 10.4. The molecule has 51 heavy (non-hydrogen) atoms. The summed E-state index contributed by atoms with van der Waals surface area (Å²) >= 11 is 0. The molecule has 8 rings (SSSR count). The molecule has 0 aliphatic heterocycles. The second-order valence-corrected chi connectivity index (χ2v) is 13.0. The van der Waals surface area contributed by atoms with Crippen LogP contribution in [0.1, 0.15) is 0 Å². The zero-order valence-electron chi connectivity index (χ0n) is 28.6. The number of benzene rings is 8. The van der Waals surface area contributed by atoms with Crippen LogP contribution >= 0.6 is 0 Å². The summed E-state index contributed by atoms with van der Waals surface area (Å²) in [5, 5.41) is 0. The average Bonchev–Trinajstić information content (AvgIpc) is 3.22. The Hall–Kier alpha value is -5.59. The van der Waals surface area contributed by atoms with Crippen molar-refractivity contribution in [3.8, 4) is 0 Å². The van der Waals surface area contributed by atoms with E-state index in [0.717, 1.165) is 0 Å². The first-order valence-corrected chi connectivity index (χ1v) is 17.6. The molecular formula is C48H40B2Fe. The second kappa shape index (κ2) is 16.9. The maximum Gasteiger partial charge on any atom is 2.00 e. The Kier molecular flexibility index (Phi) is 11.7. The van der Waals surface area contributed by atoms with Gasteiger partial charge in [0, 0.05) is 0 Å². The molecule has 0 bridgehead atoms. The fourth-order valence-corrected chi connectivity index (χ4v) is 8.24. The Morgan fingerprint density at radius 2 is 0.255 bits per heavy atom. The largest absolute Gasteiger partial charge is 2.00 e. The van der Waals surface area contributed by atoms with Crippen LogP contribution in [0, 0.1) is 0 Å². The Labute approximate surface area is 314 Å². The molecule has 0 nitrogen and oxygen atoms in total. The van der Waals surface area contributed by atoms with Gasteiger partial charge in [-0.3, -0.25) is 0 Å². The molecule has 0 saturated carbocycles. The molecule has 246 valence electrons. The van der Waals surface area contributed by atoms with E-state index in [-0.39, 0.29) is 17.1 Å². The molecule has 0 aromatic heterocycles. The van der Waals surface area contributed by atoms with Gasteiger partial charge in [0.15, 0.2) is 0 Å². The van der Waals surface area contributed by atoms with Crippen LogP contribution in [0.4, 0.5) is 0 Å². The van der Waals surface area contributed by atoms with Crippen molar-refractivity contribution in [1.29, 1.82) is 0 Å². The molecule has 0 saturated heterocycles. The molecule has 0 atom stereocenters. The minimum atomic E-state index is -1.22. The zero-order chi connectivity index (χ0) is 33.9. The minimum Gasteiger partial charge on any atom is -0.195 e. The first-order chi connectivity index (χ1) is 24.8. The summed E-state index contributed by atoms with van der Waals surface area (Å²) in [6.45, 7) is 0. The van der Waals surface area contributed by atoms with Gasteiger partial charge in [0.05, 0.1) is 0 Å². The Bertz CT molecular complexity index is 1680. The maximum atomic E-state index is 2.26. The van der Waals surface area contributed by atoms with Crippen molar-refractivity contribution in [2.45, 2.75) is 0 Å². The van der Waals surface area contributed by atoms with Gasteiger partial charge in [-0.1, -0.05) is 243 Å². The second-order valence-electron chi connectivity index (χ2n) is 13.0. The summed E-state index contributed by atoms with van der Waals surface area (Å²) < 4.78 is 0.